The number of carbonyl (C=O) groups is 1. The second kappa shape index (κ2) is 11.1. The van der Waals surface area contributed by atoms with Gasteiger partial charge in [0.05, 0.1) is 26.2 Å². The first-order valence-electron chi connectivity index (χ1n) is 11.5. The zero-order valence-corrected chi connectivity index (χ0v) is 19.6. The van der Waals surface area contributed by atoms with Crippen molar-refractivity contribution < 1.29 is 24.1 Å². The summed E-state index contributed by atoms with van der Waals surface area (Å²) in [6.45, 7) is 1.70. The first kappa shape index (κ1) is 23.6. The average molecular weight is 462 g/mol. The Morgan fingerprint density at radius 1 is 0.971 bits per heavy atom. The zero-order valence-electron chi connectivity index (χ0n) is 19.6. The summed E-state index contributed by atoms with van der Waals surface area (Å²) in [5.74, 6) is 1.01. The van der Waals surface area contributed by atoms with Crippen molar-refractivity contribution >= 4 is 5.97 Å². The Balaban J connectivity index is 1.75. The highest BCUT2D eigenvalue weighted by Crippen LogP contribution is 2.42. The van der Waals surface area contributed by atoms with Gasteiger partial charge >= 0.3 is 5.97 Å². The molecular formula is C28H31NO5. The molecule has 178 valence electrons. The molecule has 0 aliphatic carbocycles. The standard InChI is InChI=1S/C28H31NO5/c1-32-22-14-15-24(26(17-22)33-2)27(29-16-8-11-21(18-29)28(30)31)23-12-6-7-13-25(23)34-19-20-9-4-3-5-10-20/h3-7,9-10,12-15,17,21,27H,8,11,16,18-19H2,1-2H3,(H,30,31). The Bertz CT molecular complexity index is 1100. The van der Waals surface area contributed by atoms with Crippen LogP contribution in [0.1, 0.15) is 35.6 Å². The smallest absolute Gasteiger partial charge is 0.307 e. The maximum absolute atomic E-state index is 11.8. The third-order valence-corrected chi connectivity index (χ3v) is 6.35. The molecule has 0 amide bonds. The van der Waals surface area contributed by atoms with Crippen LogP contribution in [0.4, 0.5) is 0 Å². The van der Waals surface area contributed by atoms with E-state index in [1.54, 1.807) is 14.2 Å². The molecule has 1 heterocycles. The van der Waals surface area contributed by atoms with Gasteiger partial charge in [0, 0.05) is 23.7 Å². The van der Waals surface area contributed by atoms with E-state index in [2.05, 4.69) is 11.0 Å². The Kier molecular flexibility index (Phi) is 7.70. The van der Waals surface area contributed by atoms with Crippen molar-refractivity contribution in [1.82, 2.24) is 4.90 Å². The molecule has 2 unspecified atom stereocenters. The van der Waals surface area contributed by atoms with Crippen molar-refractivity contribution in [3.8, 4) is 17.2 Å². The van der Waals surface area contributed by atoms with Gasteiger partial charge in [-0.2, -0.15) is 0 Å². The molecule has 3 aromatic carbocycles. The minimum atomic E-state index is -0.751. The number of hydrogen-bond acceptors (Lipinski definition) is 5. The van der Waals surface area contributed by atoms with Gasteiger partial charge in [0.15, 0.2) is 0 Å². The lowest BCUT2D eigenvalue weighted by Gasteiger charge is -2.38. The maximum Gasteiger partial charge on any atom is 0.307 e. The van der Waals surface area contributed by atoms with Crippen LogP contribution >= 0.6 is 0 Å². The third-order valence-electron chi connectivity index (χ3n) is 6.35. The largest absolute Gasteiger partial charge is 0.497 e. The van der Waals surface area contributed by atoms with E-state index in [9.17, 15) is 9.90 Å². The lowest BCUT2D eigenvalue weighted by molar-refractivity contribution is -0.143. The predicted octanol–water partition coefficient (Wildman–Crippen LogP) is 5.17. The van der Waals surface area contributed by atoms with Crippen LogP contribution in [0.3, 0.4) is 0 Å². The number of piperidine rings is 1. The van der Waals surface area contributed by atoms with Crippen LogP contribution in [-0.4, -0.2) is 43.3 Å². The van der Waals surface area contributed by atoms with Gasteiger partial charge in [-0.1, -0.05) is 48.5 Å². The summed E-state index contributed by atoms with van der Waals surface area (Å²) in [5.41, 5.74) is 3.01. The molecule has 0 bridgehead atoms. The van der Waals surface area contributed by atoms with Gasteiger partial charge in [-0.25, -0.2) is 0 Å². The fourth-order valence-corrected chi connectivity index (χ4v) is 4.62. The van der Waals surface area contributed by atoms with Gasteiger partial charge in [-0.15, -0.1) is 0 Å². The Hall–Kier alpha value is -3.51. The van der Waals surface area contributed by atoms with Gasteiger partial charge in [-0.3, -0.25) is 9.69 Å². The SMILES string of the molecule is COc1ccc(C(c2ccccc2OCc2ccccc2)N2CCCC(C(=O)O)C2)c(OC)c1. The van der Waals surface area contributed by atoms with Crippen LogP contribution in [0.25, 0.3) is 0 Å². The number of aliphatic carboxylic acids is 1. The molecule has 0 spiro atoms. The molecule has 34 heavy (non-hydrogen) atoms. The molecule has 1 aliphatic heterocycles. The minimum Gasteiger partial charge on any atom is -0.497 e. The van der Waals surface area contributed by atoms with Crippen LogP contribution < -0.4 is 14.2 Å². The van der Waals surface area contributed by atoms with Crippen LogP contribution in [0.15, 0.2) is 72.8 Å². The summed E-state index contributed by atoms with van der Waals surface area (Å²) in [4.78, 5) is 14.1. The Labute approximate surface area is 200 Å². The molecule has 0 saturated carbocycles. The van der Waals surface area contributed by atoms with E-state index < -0.39 is 11.9 Å². The van der Waals surface area contributed by atoms with Crippen LogP contribution in [0, 0.1) is 5.92 Å². The van der Waals surface area contributed by atoms with Crippen molar-refractivity contribution in [3.63, 3.8) is 0 Å². The van der Waals surface area contributed by atoms with Gasteiger partial charge in [-0.05, 0) is 43.1 Å². The first-order chi connectivity index (χ1) is 16.6. The molecule has 1 fully saturated rings. The van der Waals surface area contributed by atoms with Crippen LogP contribution in [0.5, 0.6) is 17.2 Å². The molecule has 1 N–H and O–H groups in total. The topological polar surface area (TPSA) is 68.2 Å². The fraction of sp³-hybridized carbons (Fsp3) is 0.321. The summed E-state index contributed by atoms with van der Waals surface area (Å²) in [7, 11) is 3.27. The predicted molar refractivity (Wildman–Crippen MR) is 131 cm³/mol. The first-order valence-corrected chi connectivity index (χ1v) is 11.5. The quantitative estimate of drug-likeness (QED) is 0.474. The number of hydrogen-bond donors (Lipinski definition) is 1. The van der Waals surface area contributed by atoms with E-state index in [0.717, 1.165) is 35.4 Å². The molecule has 0 radical (unpaired) electrons. The highest BCUT2D eigenvalue weighted by Gasteiger charge is 2.34. The fourth-order valence-electron chi connectivity index (χ4n) is 4.62. The van der Waals surface area contributed by atoms with E-state index in [1.807, 2.05) is 66.7 Å². The molecule has 6 nitrogen and oxygen atoms in total. The number of methoxy groups -OCH3 is 2. The van der Waals surface area contributed by atoms with Crippen molar-refractivity contribution in [1.29, 1.82) is 0 Å². The summed E-state index contributed by atoms with van der Waals surface area (Å²) in [6, 6.07) is 23.6. The summed E-state index contributed by atoms with van der Waals surface area (Å²) >= 11 is 0. The number of para-hydroxylation sites is 1. The van der Waals surface area contributed by atoms with Crippen molar-refractivity contribution in [3.05, 3.63) is 89.5 Å². The monoisotopic (exact) mass is 461 g/mol. The number of carboxylic acid groups (broad SMARTS) is 1. The van der Waals surface area contributed by atoms with Crippen LogP contribution in [0.2, 0.25) is 0 Å². The van der Waals surface area contributed by atoms with Crippen LogP contribution in [-0.2, 0) is 11.4 Å². The lowest BCUT2D eigenvalue weighted by atomic mass is 9.90. The molecular weight excluding hydrogens is 430 g/mol. The Morgan fingerprint density at radius 2 is 1.71 bits per heavy atom. The molecule has 3 aromatic rings. The van der Waals surface area contributed by atoms with Crippen molar-refractivity contribution in [2.75, 3.05) is 27.3 Å². The van der Waals surface area contributed by atoms with Crippen molar-refractivity contribution in [2.45, 2.75) is 25.5 Å². The highest BCUT2D eigenvalue weighted by molar-refractivity contribution is 5.70. The molecule has 0 aromatic heterocycles. The van der Waals surface area contributed by atoms with Gasteiger partial charge < -0.3 is 19.3 Å². The number of ether oxygens (including phenoxy) is 3. The molecule has 2 atom stereocenters. The van der Waals surface area contributed by atoms with E-state index >= 15 is 0 Å². The van der Waals surface area contributed by atoms with Gasteiger partial charge in [0.25, 0.3) is 0 Å². The van der Waals surface area contributed by atoms with Crippen molar-refractivity contribution in [2.24, 2.45) is 5.92 Å². The van der Waals surface area contributed by atoms with E-state index in [-0.39, 0.29) is 6.04 Å². The van der Waals surface area contributed by atoms with Gasteiger partial charge in [0.2, 0.25) is 0 Å². The molecule has 4 rings (SSSR count). The highest BCUT2D eigenvalue weighted by atomic mass is 16.5. The summed E-state index contributed by atoms with van der Waals surface area (Å²) in [6.07, 6.45) is 1.50. The molecule has 6 heteroatoms. The van der Waals surface area contributed by atoms with E-state index in [0.29, 0.717) is 31.1 Å². The summed E-state index contributed by atoms with van der Waals surface area (Å²) < 4.78 is 17.5. The number of nitrogens with zero attached hydrogens (tertiary/aromatic N) is 1. The third kappa shape index (κ3) is 5.34. The van der Waals surface area contributed by atoms with E-state index in [4.69, 9.17) is 14.2 Å². The lowest BCUT2D eigenvalue weighted by Crippen LogP contribution is -2.41. The van der Waals surface area contributed by atoms with Gasteiger partial charge in [0.1, 0.15) is 23.9 Å². The number of likely N-dealkylation sites (tertiary alicyclic amines) is 1. The Morgan fingerprint density at radius 3 is 2.44 bits per heavy atom. The number of benzene rings is 3. The second-order valence-corrected chi connectivity index (χ2v) is 8.49. The second-order valence-electron chi connectivity index (χ2n) is 8.49. The normalized spacial score (nSPS) is 17.1. The average Bonchev–Trinajstić information content (AvgIpc) is 2.89. The van der Waals surface area contributed by atoms with E-state index in [1.165, 1.54) is 0 Å². The summed E-state index contributed by atoms with van der Waals surface area (Å²) in [5, 5.41) is 9.72. The number of rotatable bonds is 9. The minimum absolute atomic E-state index is 0.227. The molecule has 1 aliphatic rings. The molecule has 1 saturated heterocycles. The maximum atomic E-state index is 11.8. The zero-order chi connectivity index (χ0) is 23.9. The number of carboxylic acids is 1.